The molecular formula is C14H15BrN4. The molecule has 4 nitrogen and oxygen atoms in total. The van der Waals surface area contributed by atoms with E-state index in [-0.39, 0.29) is 6.04 Å². The molecular weight excluding hydrogens is 304 g/mol. The van der Waals surface area contributed by atoms with Crippen molar-refractivity contribution in [1.29, 1.82) is 0 Å². The van der Waals surface area contributed by atoms with Gasteiger partial charge in [-0.3, -0.25) is 0 Å². The van der Waals surface area contributed by atoms with Crippen molar-refractivity contribution in [3.8, 4) is 11.3 Å². The van der Waals surface area contributed by atoms with Gasteiger partial charge in [0.2, 0.25) is 0 Å². The number of halogens is 1. The Bertz CT molecular complexity index is 570. The molecule has 0 amide bonds. The molecule has 19 heavy (non-hydrogen) atoms. The smallest absolute Gasteiger partial charge is 0.151 e. The fourth-order valence-electron chi connectivity index (χ4n) is 2.29. The first kappa shape index (κ1) is 12.6. The molecule has 2 heterocycles. The lowest BCUT2D eigenvalue weighted by Gasteiger charge is -2.15. The van der Waals surface area contributed by atoms with E-state index in [0.29, 0.717) is 0 Å². The van der Waals surface area contributed by atoms with Crippen LogP contribution >= 0.6 is 15.9 Å². The minimum Gasteiger partial charge on any atom is -0.354 e. The van der Waals surface area contributed by atoms with E-state index >= 15 is 0 Å². The molecule has 2 aromatic rings. The quantitative estimate of drug-likeness (QED) is 0.924. The highest BCUT2D eigenvalue weighted by Gasteiger charge is 2.20. The van der Waals surface area contributed by atoms with Crippen molar-refractivity contribution in [2.45, 2.75) is 12.5 Å². The highest BCUT2D eigenvalue weighted by atomic mass is 79.9. The van der Waals surface area contributed by atoms with E-state index in [2.05, 4.69) is 31.0 Å². The largest absolute Gasteiger partial charge is 0.354 e. The van der Waals surface area contributed by atoms with Gasteiger partial charge in [-0.25, -0.2) is 0 Å². The van der Waals surface area contributed by atoms with E-state index in [9.17, 15) is 0 Å². The van der Waals surface area contributed by atoms with Gasteiger partial charge in [-0.15, -0.1) is 10.2 Å². The number of benzene rings is 1. The maximum atomic E-state index is 5.91. The molecule has 98 valence electrons. The molecule has 1 saturated heterocycles. The van der Waals surface area contributed by atoms with Crippen molar-refractivity contribution in [1.82, 2.24) is 10.2 Å². The van der Waals surface area contributed by atoms with Gasteiger partial charge < -0.3 is 10.6 Å². The Morgan fingerprint density at radius 3 is 2.74 bits per heavy atom. The number of anilines is 1. The molecule has 5 heteroatoms. The summed E-state index contributed by atoms with van der Waals surface area (Å²) in [7, 11) is 0. The lowest BCUT2D eigenvalue weighted by molar-refractivity contribution is 0.750. The Balaban J connectivity index is 1.83. The van der Waals surface area contributed by atoms with Gasteiger partial charge in [-0.2, -0.15) is 0 Å². The van der Waals surface area contributed by atoms with E-state index in [4.69, 9.17) is 5.73 Å². The van der Waals surface area contributed by atoms with E-state index < -0.39 is 0 Å². The van der Waals surface area contributed by atoms with E-state index in [1.54, 1.807) is 0 Å². The summed E-state index contributed by atoms with van der Waals surface area (Å²) in [4.78, 5) is 2.18. The Morgan fingerprint density at radius 1 is 1.21 bits per heavy atom. The summed E-state index contributed by atoms with van der Waals surface area (Å²) in [6, 6.07) is 12.3. The zero-order chi connectivity index (χ0) is 13.2. The maximum absolute atomic E-state index is 5.91. The Kier molecular flexibility index (Phi) is 3.48. The summed E-state index contributed by atoms with van der Waals surface area (Å²) in [5, 5.41) is 8.61. The van der Waals surface area contributed by atoms with Crippen LogP contribution in [0.3, 0.4) is 0 Å². The van der Waals surface area contributed by atoms with Gasteiger partial charge in [0.05, 0.1) is 5.69 Å². The monoisotopic (exact) mass is 318 g/mol. The molecule has 2 N–H and O–H groups in total. The van der Waals surface area contributed by atoms with Crippen LogP contribution in [0.25, 0.3) is 11.3 Å². The number of nitrogens with two attached hydrogens (primary N) is 1. The molecule has 0 aliphatic carbocycles. The molecule has 0 saturated carbocycles. The van der Waals surface area contributed by atoms with Gasteiger partial charge in [0.15, 0.2) is 5.82 Å². The highest BCUT2D eigenvalue weighted by molar-refractivity contribution is 9.10. The third-order valence-corrected chi connectivity index (χ3v) is 3.81. The lowest BCUT2D eigenvalue weighted by atomic mass is 10.1. The number of aromatic nitrogens is 2. The van der Waals surface area contributed by atoms with Crippen LogP contribution in [0.2, 0.25) is 0 Å². The number of hydrogen-bond donors (Lipinski definition) is 1. The van der Waals surface area contributed by atoms with Crippen molar-refractivity contribution >= 4 is 21.7 Å². The van der Waals surface area contributed by atoms with E-state index in [0.717, 1.165) is 41.1 Å². The molecule has 1 aliphatic heterocycles. The SMILES string of the molecule is NC1CCN(c2ccc(-c3cccc(Br)c3)nn2)C1. The summed E-state index contributed by atoms with van der Waals surface area (Å²) < 4.78 is 1.04. The van der Waals surface area contributed by atoms with Crippen molar-refractivity contribution in [3.63, 3.8) is 0 Å². The van der Waals surface area contributed by atoms with Gasteiger partial charge in [-0.05, 0) is 30.7 Å². The topological polar surface area (TPSA) is 55.0 Å². The molecule has 1 aromatic carbocycles. The van der Waals surface area contributed by atoms with E-state index in [1.807, 2.05) is 36.4 Å². The minimum absolute atomic E-state index is 0.256. The molecule has 0 radical (unpaired) electrons. The number of hydrogen-bond acceptors (Lipinski definition) is 4. The predicted molar refractivity (Wildman–Crippen MR) is 80.0 cm³/mol. The van der Waals surface area contributed by atoms with Crippen LogP contribution in [-0.4, -0.2) is 29.3 Å². The summed E-state index contributed by atoms with van der Waals surface area (Å²) >= 11 is 3.46. The zero-order valence-electron chi connectivity index (χ0n) is 10.5. The summed E-state index contributed by atoms with van der Waals surface area (Å²) in [5.41, 5.74) is 7.85. The Morgan fingerprint density at radius 2 is 2.11 bits per heavy atom. The molecule has 0 spiro atoms. The highest BCUT2D eigenvalue weighted by Crippen LogP contribution is 2.23. The van der Waals surface area contributed by atoms with Gasteiger partial charge in [0, 0.05) is 29.2 Å². The second-order valence-corrected chi connectivity index (χ2v) is 5.70. The van der Waals surface area contributed by atoms with Crippen LogP contribution in [0.5, 0.6) is 0 Å². The summed E-state index contributed by atoms with van der Waals surface area (Å²) in [6.45, 7) is 1.83. The average molecular weight is 319 g/mol. The van der Waals surface area contributed by atoms with Crippen LogP contribution in [0.15, 0.2) is 40.9 Å². The molecule has 0 bridgehead atoms. The first-order valence-corrected chi connectivity index (χ1v) is 7.12. The predicted octanol–water partition coefficient (Wildman–Crippen LogP) is 2.44. The van der Waals surface area contributed by atoms with Gasteiger partial charge in [0.25, 0.3) is 0 Å². The molecule has 1 aliphatic rings. The van der Waals surface area contributed by atoms with Crippen molar-refractivity contribution in [2.24, 2.45) is 5.73 Å². The molecule has 1 atom stereocenters. The third kappa shape index (κ3) is 2.77. The van der Waals surface area contributed by atoms with Crippen LogP contribution in [0.4, 0.5) is 5.82 Å². The van der Waals surface area contributed by atoms with Gasteiger partial charge in [-0.1, -0.05) is 28.1 Å². The second-order valence-electron chi connectivity index (χ2n) is 4.78. The normalized spacial score (nSPS) is 18.8. The first-order chi connectivity index (χ1) is 9.22. The second kappa shape index (κ2) is 5.27. The Labute approximate surface area is 120 Å². The van der Waals surface area contributed by atoms with Crippen molar-refractivity contribution in [3.05, 3.63) is 40.9 Å². The zero-order valence-corrected chi connectivity index (χ0v) is 12.0. The summed E-state index contributed by atoms with van der Waals surface area (Å²) in [6.07, 6.45) is 1.02. The van der Waals surface area contributed by atoms with Gasteiger partial charge in [0.1, 0.15) is 0 Å². The molecule has 1 aromatic heterocycles. The molecule has 1 fully saturated rings. The standard InChI is InChI=1S/C14H15BrN4/c15-11-3-1-2-10(8-11)13-4-5-14(18-17-13)19-7-6-12(16)9-19/h1-5,8,12H,6-7,9,16H2. The minimum atomic E-state index is 0.256. The van der Waals surface area contributed by atoms with Crippen molar-refractivity contribution < 1.29 is 0 Å². The lowest BCUT2D eigenvalue weighted by Crippen LogP contribution is -2.27. The fraction of sp³-hybridized carbons (Fsp3) is 0.286. The first-order valence-electron chi connectivity index (χ1n) is 6.32. The summed E-state index contributed by atoms with van der Waals surface area (Å²) in [5.74, 6) is 0.909. The Hall–Kier alpha value is -1.46. The van der Waals surface area contributed by atoms with Crippen molar-refractivity contribution in [2.75, 3.05) is 18.0 Å². The average Bonchev–Trinajstić information content (AvgIpc) is 2.86. The van der Waals surface area contributed by atoms with E-state index in [1.165, 1.54) is 0 Å². The fourth-order valence-corrected chi connectivity index (χ4v) is 2.69. The number of rotatable bonds is 2. The molecule has 3 rings (SSSR count). The van der Waals surface area contributed by atoms with Crippen LogP contribution < -0.4 is 10.6 Å². The van der Waals surface area contributed by atoms with Crippen LogP contribution in [0.1, 0.15) is 6.42 Å². The van der Waals surface area contributed by atoms with Crippen LogP contribution in [-0.2, 0) is 0 Å². The van der Waals surface area contributed by atoms with Gasteiger partial charge >= 0.3 is 0 Å². The maximum Gasteiger partial charge on any atom is 0.151 e. The number of nitrogens with zero attached hydrogens (tertiary/aromatic N) is 3. The third-order valence-electron chi connectivity index (χ3n) is 3.32. The van der Waals surface area contributed by atoms with Crippen LogP contribution in [0, 0.1) is 0 Å². The molecule has 1 unspecified atom stereocenters.